The molecule has 0 saturated carbocycles. The lowest BCUT2D eigenvalue weighted by Gasteiger charge is -2.33. The van der Waals surface area contributed by atoms with E-state index >= 15 is 0 Å². The normalized spacial score (nSPS) is 29.2. The predicted molar refractivity (Wildman–Crippen MR) is 91.3 cm³/mol. The van der Waals surface area contributed by atoms with E-state index in [0.29, 0.717) is 0 Å². The number of aryl methyl sites for hydroxylation is 1. The van der Waals surface area contributed by atoms with Crippen LogP contribution in [0.5, 0.6) is 0 Å². The van der Waals surface area contributed by atoms with Gasteiger partial charge in [-0.1, -0.05) is 0 Å². The maximum Gasteiger partial charge on any atom is 0.234 e. The fourth-order valence-corrected chi connectivity index (χ4v) is 5.44. The molecule has 3 rings (SSSR count). The van der Waals surface area contributed by atoms with E-state index in [2.05, 4.69) is 17.3 Å². The molecule has 7 heteroatoms. The number of amides is 1. The number of hydrogen-bond donors (Lipinski definition) is 1. The van der Waals surface area contributed by atoms with Crippen LogP contribution in [0.25, 0.3) is 0 Å². The molecular weight excluding hydrogens is 318 g/mol. The van der Waals surface area contributed by atoms with Gasteiger partial charge in [0.05, 0.1) is 17.5 Å². The SMILES string of the molecule is CCn1cc([C@@H]2OCCC[C@H]2NC(=O)C2CSCCS2)cn1. The fraction of sp³-hybridized carbons (Fsp3) is 0.733. The summed E-state index contributed by atoms with van der Waals surface area (Å²) in [6.45, 7) is 3.66. The Morgan fingerprint density at radius 2 is 2.45 bits per heavy atom. The second kappa shape index (κ2) is 7.75. The molecule has 1 N–H and O–H groups in total. The number of aromatic nitrogens is 2. The molecule has 1 amide bonds. The first-order valence-corrected chi connectivity index (χ1v) is 10.1. The lowest BCUT2D eigenvalue weighted by Crippen LogP contribution is -2.47. The maximum absolute atomic E-state index is 12.5. The molecule has 1 aromatic rings. The first-order chi connectivity index (χ1) is 10.8. The van der Waals surface area contributed by atoms with E-state index in [1.54, 1.807) is 11.8 Å². The van der Waals surface area contributed by atoms with Gasteiger partial charge in [0.1, 0.15) is 6.10 Å². The Morgan fingerprint density at radius 3 is 3.18 bits per heavy atom. The van der Waals surface area contributed by atoms with E-state index in [-0.39, 0.29) is 23.3 Å². The molecule has 2 aliphatic heterocycles. The highest BCUT2D eigenvalue weighted by Gasteiger charge is 2.32. The zero-order valence-electron chi connectivity index (χ0n) is 12.9. The molecule has 1 unspecified atom stereocenters. The number of hydrogen-bond acceptors (Lipinski definition) is 5. The van der Waals surface area contributed by atoms with E-state index in [4.69, 9.17) is 4.74 Å². The Kier molecular flexibility index (Phi) is 5.71. The maximum atomic E-state index is 12.5. The van der Waals surface area contributed by atoms with Crippen molar-refractivity contribution in [3.63, 3.8) is 0 Å². The van der Waals surface area contributed by atoms with Crippen molar-refractivity contribution in [2.75, 3.05) is 23.9 Å². The quantitative estimate of drug-likeness (QED) is 0.909. The van der Waals surface area contributed by atoms with Crippen LogP contribution in [0.1, 0.15) is 31.4 Å². The van der Waals surface area contributed by atoms with Gasteiger partial charge in [-0.05, 0) is 19.8 Å². The van der Waals surface area contributed by atoms with Crippen molar-refractivity contribution in [3.8, 4) is 0 Å². The number of nitrogens with one attached hydrogen (secondary N) is 1. The lowest BCUT2D eigenvalue weighted by molar-refractivity contribution is -0.123. The first kappa shape index (κ1) is 16.2. The van der Waals surface area contributed by atoms with Crippen molar-refractivity contribution in [1.29, 1.82) is 0 Å². The smallest absolute Gasteiger partial charge is 0.234 e. The van der Waals surface area contributed by atoms with E-state index < -0.39 is 0 Å². The molecule has 3 atom stereocenters. The molecule has 5 nitrogen and oxygen atoms in total. The number of carbonyl (C=O) groups is 1. The lowest BCUT2D eigenvalue weighted by atomic mass is 9.98. The zero-order valence-corrected chi connectivity index (χ0v) is 14.5. The molecule has 1 aromatic heterocycles. The summed E-state index contributed by atoms with van der Waals surface area (Å²) in [5.74, 6) is 3.31. The highest BCUT2D eigenvalue weighted by Crippen LogP contribution is 2.30. The van der Waals surface area contributed by atoms with Gasteiger partial charge in [0, 0.05) is 42.2 Å². The number of carbonyl (C=O) groups excluding carboxylic acids is 1. The third-order valence-electron chi connectivity index (χ3n) is 4.06. The molecule has 2 aliphatic rings. The van der Waals surface area contributed by atoms with Crippen LogP contribution in [0.4, 0.5) is 0 Å². The Morgan fingerprint density at radius 1 is 1.55 bits per heavy atom. The standard InChI is InChI=1S/C15H23N3O2S2/c1-2-18-9-11(8-16-18)14-12(4-3-5-20-14)17-15(19)13-10-21-6-7-22-13/h8-9,12-14H,2-7,10H2,1H3,(H,17,19)/t12-,13?,14+/m1/s1. The summed E-state index contributed by atoms with van der Waals surface area (Å²) >= 11 is 3.65. The first-order valence-electron chi connectivity index (χ1n) is 7.91. The highest BCUT2D eigenvalue weighted by atomic mass is 32.2. The number of nitrogens with zero attached hydrogens (tertiary/aromatic N) is 2. The van der Waals surface area contributed by atoms with Crippen LogP contribution in [-0.2, 0) is 16.1 Å². The van der Waals surface area contributed by atoms with Crippen LogP contribution in [-0.4, -0.2) is 50.8 Å². The van der Waals surface area contributed by atoms with Crippen molar-refractivity contribution >= 4 is 29.4 Å². The summed E-state index contributed by atoms with van der Waals surface area (Å²) in [6, 6.07) is 0.0586. The predicted octanol–water partition coefficient (Wildman–Crippen LogP) is 2.09. The molecule has 122 valence electrons. The average Bonchev–Trinajstić information content (AvgIpc) is 3.05. The van der Waals surface area contributed by atoms with Gasteiger partial charge in [-0.15, -0.1) is 11.8 Å². The Bertz CT molecular complexity index is 503. The molecule has 2 saturated heterocycles. The van der Waals surface area contributed by atoms with E-state index in [9.17, 15) is 4.79 Å². The summed E-state index contributed by atoms with van der Waals surface area (Å²) in [4.78, 5) is 12.5. The molecule has 0 radical (unpaired) electrons. The topological polar surface area (TPSA) is 56.1 Å². The molecule has 3 heterocycles. The van der Waals surface area contributed by atoms with Crippen LogP contribution < -0.4 is 5.32 Å². The minimum Gasteiger partial charge on any atom is -0.371 e. The largest absolute Gasteiger partial charge is 0.371 e. The molecule has 0 spiro atoms. The summed E-state index contributed by atoms with van der Waals surface area (Å²) in [5, 5.41) is 7.64. The summed E-state index contributed by atoms with van der Waals surface area (Å²) in [7, 11) is 0. The summed E-state index contributed by atoms with van der Waals surface area (Å²) in [6.07, 6.45) is 5.79. The summed E-state index contributed by atoms with van der Waals surface area (Å²) < 4.78 is 7.85. The average molecular weight is 342 g/mol. The van der Waals surface area contributed by atoms with Crippen molar-refractivity contribution in [2.45, 2.75) is 43.7 Å². The fourth-order valence-electron chi connectivity index (χ4n) is 2.87. The van der Waals surface area contributed by atoms with Crippen molar-refractivity contribution in [3.05, 3.63) is 18.0 Å². The van der Waals surface area contributed by atoms with E-state index in [0.717, 1.165) is 48.8 Å². The second-order valence-corrected chi connectivity index (χ2v) is 8.07. The molecule has 2 fully saturated rings. The summed E-state index contributed by atoms with van der Waals surface area (Å²) in [5.41, 5.74) is 1.07. The number of ether oxygens (including phenoxy) is 1. The second-order valence-electron chi connectivity index (χ2n) is 5.61. The van der Waals surface area contributed by atoms with E-state index in [1.807, 2.05) is 28.8 Å². The van der Waals surface area contributed by atoms with Crippen molar-refractivity contribution < 1.29 is 9.53 Å². The van der Waals surface area contributed by atoms with Gasteiger partial charge < -0.3 is 10.1 Å². The van der Waals surface area contributed by atoms with Crippen LogP contribution >= 0.6 is 23.5 Å². The van der Waals surface area contributed by atoms with Crippen molar-refractivity contribution in [2.24, 2.45) is 0 Å². The van der Waals surface area contributed by atoms with Gasteiger partial charge in [0.2, 0.25) is 5.91 Å². The monoisotopic (exact) mass is 341 g/mol. The number of rotatable bonds is 4. The van der Waals surface area contributed by atoms with Crippen LogP contribution in [0.3, 0.4) is 0 Å². The van der Waals surface area contributed by atoms with Gasteiger partial charge in [0.15, 0.2) is 0 Å². The minimum absolute atomic E-state index is 0.0586. The van der Waals surface area contributed by atoms with Gasteiger partial charge in [-0.2, -0.15) is 16.9 Å². The van der Waals surface area contributed by atoms with Crippen molar-refractivity contribution in [1.82, 2.24) is 15.1 Å². The van der Waals surface area contributed by atoms with Gasteiger partial charge in [-0.25, -0.2) is 0 Å². The Balaban J connectivity index is 1.65. The van der Waals surface area contributed by atoms with Gasteiger partial charge >= 0.3 is 0 Å². The van der Waals surface area contributed by atoms with Crippen LogP contribution in [0, 0.1) is 0 Å². The minimum atomic E-state index is -0.0701. The highest BCUT2D eigenvalue weighted by molar-refractivity contribution is 8.07. The number of thioether (sulfide) groups is 2. The Labute approximate surface area is 139 Å². The van der Waals surface area contributed by atoms with Gasteiger partial charge in [0.25, 0.3) is 0 Å². The van der Waals surface area contributed by atoms with Crippen LogP contribution in [0.15, 0.2) is 12.4 Å². The van der Waals surface area contributed by atoms with Crippen LogP contribution in [0.2, 0.25) is 0 Å². The molecule has 0 aliphatic carbocycles. The van der Waals surface area contributed by atoms with Gasteiger partial charge in [-0.3, -0.25) is 9.48 Å². The Hall–Kier alpha value is -0.660. The third-order valence-corrected chi connectivity index (χ3v) is 6.82. The van der Waals surface area contributed by atoms with E-state index in [1.165, 1.54) is 0 Å². The molecule has 22 heavy (non-hydrogen) atoms. The molecule has 0 bridgehead atoms. The molecule has 0 aromatic carbocycles. The third kappa shape index (κ3) is 3.81. The molecular formula is C15H23N3O2S2. The zero-order chi connectivity index (χ0) is 15.4.